The average Bonchev–Trinajstić information content (AvgIpc) is 2.88. The van der Waals surface area contributed by atoms with Crippen LogP contribution in [0.15, 0.2) is 0 Å². The van der Waals surface area contributed by atoms with E-state index >= 15 is 0 Å². The van der Waals surface area contributed by atoms with E-state index in [-0.39, 0.29) is 11.8 Å². The van der Waals surface area contributed by atoms with Crippen molar-refractivity contribution in [2.45, 2.75) is 64.3 Å². The summed E-state index contributed by atoms with van der Waals surface area (Å²) in [4.78, 5) is 27.4. The zero-order valence-electron chi connectivity index (χ0n) is 14.9. The lowest BCUT2D eigenvalue weighted by atomic mass is 9.79. The van der Waals surface area contributed by atoms with E-state index in [4.69, 9.17) is 4.74 Å². The maximum absolute atomic E-state index is 12.9. The minimum atomic E-state index is -0.616. The van der Waals surface area contributed by atoms with Crippen LogP contribution >= 0.6 is 0 Å². The number of rotatable bonds is 7. The second-order valence-corrected chi connectivity index (χ2v) is 7.54. The fourth-order valence-corrected chi connectivity index (χ4v) is 4.21. The van der Waals surface area contributed by atoms with E-state index in [0.29, 0.717) is 31.4 Å². The molecule has 0 aromatic carbocycles. The molecule has 2 amide bonds. The Morgan fingerprint density at radius 1 is 1.35 bits per heavy atom. The summed E-state index contributed by atoms with van der Waals surface area (Å²) in [6.07, 6.45) is 6.46. The highest BCUT2D eigenvalue weighted by Gasteiger charge is 2.49. The molecule has 5 heteroatoms. The number of likely N-dealkylation sites (tertiary alicyclic amines) is 1. The highest BCUT2D eigenvalue weighted by Crippen LogP contribution is 2.39. The van der Waals surface area contributed by atoms with Gasteiger partial charge >= 0.3 is 0 Å². The summed E-state index contributed by atoms with van der Waals surface area (Å²) in [5, 5.41) is 2.99. The molecular weight excluding hydrogens is 292 g/mol. The van der Waals surface area contributed by atoms with E-state index in [0.717, 1.165) is 45.1 Å². The zero-order valence-corrected chi connectivity index (χ0v) is 14.9. The number of nitrogens with zero attached hydrogens (tertiary/aromatic N) is 1. The molecule has 2 aliphatic rings. The first kappa shape index (κ1) is 18.2. The van der Waals surface area contributed by atoms with Crippen LogP contribution in [0, 0.1) is 11.8 Å². The third-order valence-electron chi connectivity index (χ3n) is 5.22. The van der Waals surface area contributed by atoms with Crippen LogP contribution in [0.1, 0.15) is 58.8 Å². The van der Waals surface area contributed by atoms with Crippen LogP contribution in [0.5, 0.6) is 0 Å². The lowest BCUT2D eigenvalue weighted by molar-refractivity contribution is -0.147. The Balaban J connectivity index is 2.11. The minimum Gasteiger partial charge on any atom is -0.383 e. The van der Waals surface area contributed by atoms with Crippen molar-refractivity contribution in [3.8, 4) is 0 Å². The number of hydrogen-bond acceptors (Lipinski definition) is 3. The van der Waals surface area contributed by atoms with Crippen molar-refractivity contribution in [2.24, 2.45) is 11.8 Å². The van der Waals surface area contributed by atoms with Gasteiger partial charge in [-0.3, -0.25) is 9.59 Å². The molecule has 1 atom stereocenters. The van der Waals surface area contributed by atoms with Crippen molar-refractivity contribution in [3.63, 3.8) is 0 Å². The minimum absolute atomic E-state index is 0.0211. The average molecular weight is 324 g/mol. The predicted molar refractivity (Wildman–Crippen MR) is 90.0 cm³/mol. The van der Waals surface area contributed by atoms with Gasteiger partial charge in [0.1, 0.15) is 5.54 Å². The van der Waals surface area contributed by atoms with Crippen molar-refractivity contribution in [2.75, 3.05) is 26.8 Å². The first-order valence-corrected chi connectivity index (χ1v) is 9.07. The molecule has 2 fully saturated rings. The van der Waals surface area contributed by atoms with Crippen LogP contribution < -0.4 is 5.32 Å². The van der Waals surface area contributed by atoms with E-state index in [1.165, 1.54) is 0 Å². The Morgan fingerprint density at radius 2 is 2.04 bits per heavy atom. The van der Waals surface area contributed by atoms with Gasteiger partial charge < -0.3 is 15.0 Å². The lowest BCUT2D eigenvalue weighted by Crippen LogP contribution is -2.60. The molecule has 132 valence electrons. The van der Waals surface area contributed by atoms with Gasteiger partial charge in [0.05, 0.1) is 6.61 Å². The summed E-state index contributed by atoms with van der Waals surface area (Å²) in [6, 6.07) is 0. The lowest BCUT2D eigenvalue weighted by Gasteiger charge is -2.43. The number of nitrogens with one attached hydrogen (secondary N) is 1. The van der Waals surface area contributed by atoms with Crippen molar-refractivity contribution in [1.82, 2.24) is 10.2 Å². The molecule has 1 heterocycles. The van der Waals surface area contributed by atoms with Gasteiger partial charge in [0.2, 0.25) is 11.8 Å². The highest BCUT2D eigenvalue weighted by atomic mass is 16.5. The quantitative estimate of drug-likeness (QED) is 0.731. The van der Waals surface area contributed by atoms with Gasteiger partial charge in [-0.2, -0.15) is 0 Å². The maximum Gasteiger partial charge on any atom is 0.246 e. The van der Waals surface area contributed by atoms with E-state index < -0.39 is 5.54 Å². The summed E-state index contributed by atoms with van der Waals surface area (Å²) in [7, 11) is 1.63. The third kappa shape index (κ3) is 4.25. The zero-order chi connectivity index (χ0) is 16.9. The Bertz CT molecular complexity index is 416. The molecule has 1 saturated carbocycles. The van der Waals surface area contributed by atoms with E-state index in [2.05, 4.69) is 19.2 Å². The van der Waals surface area contributed by atoms with Crippen molar-refractivity contribution < 1.29 is 14.3 Å². The van der Waals surface area contributed by atoms with Crippen LogP contribution in [-0.2, 0) is 14.3 Å². The number of amides is 2. The molecule has 0 aromatic heterocycles. The van der Waals surface area contributed by atoms with Gasteiger partial charge in [0.15, 0.2) is 0 Å². The summed E-state index contributed by atoms with van der Waals surface area (Å²) in [5.41, 5.74) is -0.616. The van der Waals surface area contributed by atoms with Crippen molar-refractivity contribution in [1.29, 1.82) is 0 Å². The maximum atomic E-state index is 12.9. The Morgan fingerprint density at radius 3 is 2.65 bits per heavy atom. The molecule has 1 aliphatic carbocycles. The standard InChI is InChI=1S/C18H32N2O3/c1-14(2)11-15-12-16(21)20(13-15)18(7-5-4-6-8-18)17(22)19-9-10-23-3/h14-15H,4-13H2,1-3H3,(H,19,22)/t15-/m0/s1. The molecule has 0 bridgehead atoms. The first-order valence-electron chi connectivity index (χ1n) is 9.07. The fraction of sp³-hybridized carbons (Fsp3) is 0.889. The van der Waals surface area contributed by atoms with Crippen LogP contribution in [0.25, 0.3) is 0 Å². The second kappa shape index (κ2) is 8.13. The summed E-state index contributed by atoms with van der Waals surface area (Å²) in [5.74, 6) is 1.17. The number of ether oxygens (including phenoxy) is 1. The number of carbonyl (C=O) groups is 2. The Kier molecular flexibility index (Phi) is 6.45. The molecule has 1 saturated heterocycles. The number of carbonyl (C=O) groups excluding carboxylic acids is 2. The summed E-state index contributed by atoms with van der Waals surface area (Å²) < 4.78 is 5.02. The topological polar surface area (TPSA) is 58.6 Å². The predicted octanol–water partition coefficient (Wildman–Crippen LogP) is 2.35. The number of hydrogen-bond donors (Lipinski definition) is 1. The molecule has 0 aromatic rings. The Hall–Kier alpha value is -1.10. The summed E-state index contributed by atoms with van der Waals surface area (Å²) in [6.45, 7) is 6.15. The van der Waals surface area contributed by atoms with E-state index in [9.17, 15) is 9.59 Å². The second-order valence-electron chi connectivity index (χ2n) is 7.54. The van der Waals surface area contributed by atoms with E-state index in [1.807, 2.05) is 4.90 Å². The molecule has 0 spiro atoms. The van der Waals surface area contributed by atoms with Crippen LogP contribution in [0.2, 0.25) is 0 Å². The van der Waals surface area contributed by atoms with Crippen LogP contribution in [0.3, 0.4) is 0 Å². The van der Waals surface area contributed by atoms with E-state index in [1.54, 1.807) is 7.11 Å². The molecule has 0 radical (unpaired) electrons. The monoisotopic (exact) mass is 324 g/mol. The molecule has 23 heavy (non-hydrogen) atoms. The van der Waals surface area contributed by atoms with Crippen molar-refractivity contribution >= 4 is 11.8 Å². The smallest absolute Gasteiger partial charge is 0.246 e. The highest BCUT2D eigenvalue weighted by molar-refractivity contribution is 5.92. The fourth-order valence-electron chi connectivity index (χ4n) is 4.21. The first-order chi connectivity index (χ1) is 11.0. The molecule has 0 unspecified atom stereocenters. The SMILES string of the molecule is COCCNC(=O)C1(N2C[C@@H](CC(C)C)CC2=O)CCCCC1. The molecular formula is C18H32N2O3. The largest absolute Gasteiger partial charge is 0.383 e. The third-order valence-corrected chi connectivity index (χ3v) is 5.22. The van der Waals surface area contributed by atoms with Gasteiger partial charge in [-0.05, 0) is 31.1 Å². The molecule has 5 nitrogen and oxygen atoms in total. The van der Waals surface area contributed by atoms with Gasteiger partial charge in [0, 0.05) is 26.6 Å². The van der Waals surface area contributed by atoms with Gasteiger partial charge in [0.25, 0.3) is 0 Å². The van der Waals surface area contributed by atoms with Crippen LogP contribution in [-0.4, -0.2) is 49.1 Å². The van der Waals surface area contributed by atoms with Gasteiger partial charge in [-0.15, -0.1) is 0 Å². The van der Waals surface area contributed by atoms with Gasteiger partial charge in [-0.25, -0.2) is 0 Å². The van der Waals surface area contributed by atoms with Crippen LogP contribution in [0.4, 0.5) is 0 Å². The number of methoxy groups -OCH3 is 1. The molecule has 1 N–H and O–H groups in total. The summed E-state index contributed by atoms with van der Waals surface area (Å²) >= 11 is 0. The Labute approximate surface area is 140 Å². The van der Waals surface area contributed by atoms with Gasteiger partial charge in [-0.1, -0.05) is 33.1 Å². The molecule has 1 aliphatic heterocycles. The van der Waals surface area contributed by atoms with Crippen molar-refractivity contribution in [3.05, 3.63) is 0 Å². The normalized spacial score (nSPS) is 24.3. The molecule has 2 rings (SSSR count).